The summed E-state index contributed by atoms with van der Waals surface area (Å²) in [6.45, 7) is 2.01. The summed E-state index contributed by atoms with van der Waals surface area (Å²) in [7, 11) is 0. The molecule has 3 rings (SSSR count). The van der Waals surface area contributed by atoms with Gasteiger partial charge in [0.05, 0.1) is 0 Å². The van der Waals surface area contributed by atoms with Gasteiger partial charge in [0.25, 0.3) is 0 Å². The highest BCUT2D eigenvalue weighted by Crippen LogP contribution is 2.21. The van der Waals surface area contributed by atoms with Gasteiger partial charge in [-0.25, -0.2) is 4.52 Å². The van der Waals surface area contributed by atoms with Gasteiger partial charge in [0.15, 0.2) is 5.65 Å². The van der Waals surface area contributed by atoms with Gasteiger partial charge in [-0.3, -0.25) is 0 Å². The van der Waals surface area contributed by atoms with Crippen molar-refractivity contribution in [3.63, 3.8) is 0 Å². The Morgan fingerprint density at radius 1 is 1.12 bits per heavy atom. The van der Waals surface area contributed by atoms with Gasteiger partial charge in [0, 0.05) is 11.8 Å². The van der Waals surface area contributed by atoms with E-state index < -0.39 is 0 Å². The lowest BCUT2D eigenvalue weighted by atomic mass is 10.1. The highest BCUT2D eigenvalue weighted by atomic mass is 15.3. The summed E-state index contributed by atoms with van der Waals surface area (Å²) < 4.78 is 1.73. The number of nitrogens with zero attached hydrogens (tertiary/aromatic N) is 3. The topological polar surface area (TPSA) is 56.2 Å². The average Bonchev–Trinajstić information content (AvgIpc) is 2.71. The Bertz CT molecular complexity index is 670. The minimum atomic E-state index is 0.304. The van der Waals surface area contributed by atoms with Crippen LogP contribution in [0.1, 0.15) is 5.56 Å². The molecule has 0 aliphatic heterocycles. The van der Waals surface area contributed by atoms with Crippen LogP contribution in [0, 0.1) is 6.92 Å². The van der Waals surface area contributed by atoms with Gasteiger partial charge < -0.3 is 5.73 Å². The van der Waals surface area contributed by atoms with Gasteiger partial charge in [-0.1, -0.05) is 30.3 Å². The van der Waals surface area contributed by atoms with Crippen LogP contribution in [0.4, 0.5) is 5.95 Å². The fourth-order valence-corrected chi connectivity index (χ4v) is 1.95. The molecular weight excluding hydrogens is 212 g/mol. The molecular formula is C13H12N4. The van der Waals surface area contributed by atoms with E-state index in [9.17, 15) is 0 Å². The predicted molar refractivity (Wildman–Crippen MR) is 67.6 cm³/mol. The number of pyridine rings is 1. The SMILES string of the molecule is Cc1cc(-c2ccccc2)cn2nc(N)nc12. The first-order valence-corrected chi connectivity index (χ1v) is 5.42. The molecule has 0 fully saturated rings. The lowest BCUT2D eigenvalue weighted by molar-refractivity contribution is 0.964. The van der Waals surface area contributed by atoms with Crippen LogP contribution in [0.2, 0.25) is 0 Å². The zero-order valence-electron chi connectivity index (χ0n) is 9.46. The number of hydrogen-bond acceptors (Lipinski definition) is 3. The molecule has 0 radical (unpaired) electrons. The summed E-state index contributed by atoms with van der Waals surface area (Å²) >= 11 is 0. The number of nitrogen functional groups attached to an aromatic ring is 1. The van der Waals surface area contributed by atoms with E-state index >= 15 is 0 Å². The minimum absolute atomic E-state index is 0.304. The molecule has 0 saturated carbocycles. The van der Waals surface area contributed by atoms with Crippen molar-refractivity contribution in [2.45, 2.75) is 6.92 Å². The number of anilines is 1. The van der Waals surface area contributed by atoms with Crippen molar-refractivity contribution >= 4 is 11.6 Å². The number of benzene rings is 1. The first-order chi connectivity index (χ1) is 8.24. The molecule has 0 saturated heterocycles. The number of aromatic nitrogens is 3. The Morgan fingerprint density at radius 2 is 1.88 bits per heavy atom. The summed E-state index contributed by atoms with van der Waals surface area (Å²) in [5.74, 6) is 0.304. The predicted octanol–water partition coefficient (Wildman–Crippen LogP) is 2.29. The van der Waals surface area contributed by atoms with Gasteiger partial charge in [0.2, 0.25) is 5.95 Å². The third kappa shape index (κ3) is 1.63. The van der Waals surface area contributed by atoms with Crippen LogP contribution in [-0.2, 0) is 0 Å². The molecule has 4 nitrogen and oxygen atoms in total. The number of nitrogens with two attached hydrogens (primary N) is 1. The van der Waals surface area contributed by atoms with Gasteiger partial charge >= 0.3 is 0 Å². The van der Waals surface area contributed by atoms with Crippen LogP contribution in [0.5, 0.6) is 0 Å². The highest BCUT2D eigenvalue weighted by molar-refractivity contribution is 5.66. The maximum atomic E-state index is 5.61. The van der Waals surface area contributed by atoms with E-state index in [2.05, 4.69) is 28.3 Å². The summed E-state index contributed by atoms with van der Waals surface area (Å²) in [6, 6.07) is 12.3. The van der Waals surface area contributed by atoms with E-state index in [4.69, 9.17) is 5.73 Å². The molecule has 17 heavy (non-hydrogen) atoms. The van der Waals surface area contributed by atoms with E-state index in [1.165, 1.54) is 0 Å². The summed E-state index contributed by atoms with van der Waals surface area (Å²) in [4.78, 5) is 4.18. The molecule has 0 amide bonds. The Morgan fingerprint density at radius 3 is 2.65 bits per heavy atom. The highest BCUT2D eigenvalue weighted by Gasteiger charge is 2.06. The van der Waals surface area contributed by atoms with E-state index in [0.29, 0.717) is 5.95 Å². The maximum absolute atomic E-state index is 5.61. The molecule has 0 unspecified atom stereocenters. The molecule has 1 aromatic carbocycles. The average molecular weight is 224 g/mol. The van der Waals surface area contributed by atoms with Crippen molar-refractivity contribution in [1.82, 2.24) is 14.6 Å². The molecule has 0 bridgehead atoms. The van der Waals surface area contributed by atoms with Crippen LogP contribution >= 0.6 is 0 Å². The standard InChI is InChI=1S/C13H12N4/c1-9-7-11(10-5-3-2-4-6-10)8-17-12(9)15-13(14)16-17/h2-8H,1H3,(H2,14,16). The second-order valence-electron chi connectivity index (χ2n) is 4.02. The second kappa shape index (κ2) is 3.59. The molecule has 84 valence electrons. The second-order valence-corrected chi connectivity index (χ2v) is 4.02. The van der Waals surface area contributed by atoms with Crippen LogP contribution in [0.15, 0.2) is 42.6 Å². The Kier molecular flexibility index (Phi) is 2.08. The normalized spacial score (nSPS) is 10.9. The van der Waals surface area contributed by atoms with Crippen LogP contribution < -0.4 is 5.73 Å². The van der Waals surface area contributed by atoms with Crippen LogP contribution in [0.3, 0.4) is 0 Å². The lowest BCUT2D eigenvalue weighted by Crippen LogP contribution is -1.92. The third-order valence-corrected chi connectivity index (χ3v) is 2.74. The fourth-order valence-electron chi connectivity index (χ4n) is 1.95. The van der Waals surface area contributed by atoms with Crippen molar-refractivity contribution in [2.75, 3.05) is 5.73 Å². The van der Waals surface area contributed by atoms with Crippen LogP contribution in [0.25, 0.3) is 16.8 Å². The molecule has 2 N–H and O–H groups in total. The first-order valence-electron chi connectivity index (χ1n) is 5.42. The van der Waals surface area contributed by atoms with Gasteiger partial charge in [-0.05, 0) is 24.1 Å². The Balaban J connectivity index is 2.25. The van der Waals surface area contributed by atoms with Gasteiger partial charge in [-0.2, -0.15) is 4.98 Å². The molecule has 3 aromatic rings. The van der Waals surface area contributed by atoms with Crippen molar-refractivity contribution in [3.8, 4) is 11.1 Å². The van der Waals surface area contributed by atoms with Crippen molar-refractivity contribution in [1.29, 1.82) is 0 Å². The van der Waals surface area contributed by atoms with E-state index in [-0.39, 0.29) is 0 Å². The van der Waals surface area contributed by atoms with Gasteiger partial charge in [0.1, 0.15) is 0 Å². The van der Waals surface area contributed by atoms with E-state index in [1.807, 2.05) is 31.3 Å². The number of hydrogen-bond donors (Lipinski definition) is 1. The largest absolute Gasteiger partial charge is 0.366 e. The third-order valence-electron chi connectivity index (χ3n) is 2.74. The first kappa shape index (κ1) is 9.84. The quantitative estimate of drug-likeness (QED) is 0.690. The molecule has 2 heterocycles. The van der Waals surface area contributed by atoms with Gasteiger partial charge in [-0.15, -0.1) is 5.10 Å². The van der Waals surface area contributed by atoms with Crippen molar-refractivity contribution < 1.29 is 0 Å². The molecule has 4 heteroatoms. The number of rotatable bonds is 1. The fraction of sp³-hybridized carbons (Fsp3) is 0.0769. The number of fused-ring (bicyclic) bond motifs is 1. The van der Waals surface area contributed by atoms with E-state index in [1.54, 1.807) is 4.52 Å². The molecule has 0 aliphatic carbocycles. The Labute approximate surface area is 98.7 Å². The zero-order chi connectivity index (χ0) is 11.8. The lowest BCUT2D eigenvalue weighted by Gasteiger charge is -2.04. The molecule has 2 aromatic heterocycles. The smallest absolute Gasteiger partial charge is 0.240 e. The van der Waals surface area contributed by atoms with Crippen molar-refractivity contribution in [2.24, 2.45) is 0 Å². The van der Waals surface area contributed by atoms with Crippen molar-refractivity contribution in [3.05, 3.63) is 48.2 Å². The minimum Gasteiger partial charge on any atom is -0.366 e. The maximum Gasteiger partial charge on any atom is 0.240 e. The Hall–Kier alpha value is -2.36. The molecule has 0 atom stereocenters. The molecule has 0 spiro atoms. The zero-order valence-corrected chi connectivity index (χ0v) is 9.46. The van der Waals surface area contributed by atoms with Crippen LogP contribution in [-0.4, -0.2) is 14.6 Å². The summed E-state index contributed by atoms with van der Waals surface area (Å²) in [5.41, 5.74) is 9.75. The summed E-state index contributed by atoms with van der Waals surface area (Å²) in [6.07, 6.45) is 1.95. The molecule has 0 aliphatic rings. The summed E-state index contributed by atoms with van der Waals surface area (Å²) in [5, 5.41) is 4.14. The van der Waals surface area contributed by atoms with E-state index in [0.717, 1.165) is 22.3 Å². The monoisotopic (exact) mass is 224 g/mol. The number of aryl methyl sites for hydroxylation is 1.